The van der Waals surface area contributed by atoms with E-state index in [1.165, 1.54) is 11.8 Å². The quantitative estimate of drug-likeness (QED) is 0.550. The van der Waals surface area contributed by atoms with Gasteiger partial charge >= 0.3 is 0 Å². The van der Waals surface area contributed by atoms with Crippen LogP contribution in [-0.4, -0.2) is 48.7 Å². The van der Waals surface area contributed by atoms with E-state index in [9.17, 15) is 13.2 Å². The van der Waals surface area contributed by atoms with Gasteiger partial charge in [-0.25, -0.2) is 8.42 Å². The van der Waals surface area contributed by atoms with Gasteiger partial charge in [-0.1, -0.05) is 47.1 Å². The van der Waals surface area contributed by atoms with E-state index in [1.54, 1.807) is 31.3 Å². The number of benzene rings is 2. The van der Waals surface area contributed by atoms with Gasteiger partial charge in [-0.15, -0.1) is 0 Å². The van der Waals surface area contributed by atoms with E-state index in [-0.39, 0.29) is 12.4 Å². The highest BCUT2D eigenvalue weighted by molar-refractivity contribution is 7.92. The van der Waals surface area contributed by atoms with E-state index < -0.39 is 22.0 Å². The number of likely N-dealkylation sites (N-methyl/N-ethyl adjacent to an activating group) is 1. The Morgan fingerprint density at radius 1 is 1.13 bits per heavy atom. The largest absolute Gasteiger partial charge is 0.337 e. The number of hydrogen-bond donors (Lipinski definition) is 0. The van der Waals surface area contributed by atoms with Crippen molar-refractivity contribution >= 4 is 33.2 Å². The lowest BCUT2D eigenvalue weighted by molar-refractivity contribution is -0.131. The molecule has 30 heavy (non-hydrogen) atoms. The highest BCUT2D eigenvalue weighted by Crippen LogP contribution is 2.24. The molecule has 0 unspecified atom stereocenters. The van der Waals surface area contributed by atoms with Crippen LogP contribution in [0.1, 0.15) is 12.8 Å². The fraction of sp³-hybridized carbons (Fsp3) is 0.250. The van der Waals surface area contributed by atoms with Crippen molar-refractivity contribution in [1.82, 2.24) is 15.0 Å². The van der Waals surface area contributed by atoms with Crippen LogP contribution in [0.3, 0.4) is 0 Å². The van der Waals surface area contributed by atoms with Crippen molar-refractivity contribution < 1.29 is 17.7 Å². The molecule has 0 N–H and O–H groups in total. The summed E-state index contributed by atoms with van der Waals surface area (Å²) in [6.07, 6.45) is 1.05. The Labute approximate surface area is 180 Å². The monoisotopic (exact) mass is 448 g/mol. The van der Waals surface area contributed by atoms with Crippen LogP contribution >= 0.6 is 11.6 Å². The zero-order valence-electron chi connectivity index (χ0n) is 16.7. The first-order chi connectivity index (χ1) is 14.2. The van der Waals surface area contributed by atoms with Gasteiger partial charge in [-0.3, -0.25) is 9.10 Å². The predicted molar refractivity (Wildman–Crippen MR) is 114 cm³/mol. The molecule has 0 fully saturated rings. The van der Waals surface area contributed by atoms with Crippen molar-refractivity contribution in [2.45, 2.75) is 19.5 Å². The molecule has 0 bridgehead atoms. The van der Waals surface area contributed by atoms with Crippen molar-refractivity contribution in [3.8, 4) is 11.4 Å². The minimum atomic E-state index is -3.72. The summed E-state index contributed by atoms with van der Waals surface area (Å²) in [6, 6.07) is 14.6. The smallest absolute Gasteiger partial charge is 0.246 e. The SMILES string of the molecule is C[C@@H](C(=O)N(C)Cc1nc(-c2ccccc2)no1)N(c1ccc(Cl)cc1)S(C)(=O)=O. The fourth-order valence-corrected chi connectivity index (χ4v) is 4.31. The second kappa shape index (κ2) is 8.85. The Morgan fingerprint density at radius 3 is 2.37 bits per heavy atom. The Bertz CT molecular complexity index is 1120. The first-order valence-corrected chi connectivity index (χ1v) is 11.3. The Balaban J connectivity index is 1.77. The molecule has 0 aliphatic carbocycles. The number of hydrogen-bond acceptors (Lipinski definition) is 6. The lowest BCUT2D eigenvalue weighted by atomic mass is 10.2. The first kappa shape index (κ1) is 21.8. The second-order valence-corrected chi connectivity index (χ2v) is 9.08. The van der Waals surface area contributed by atoms with E-state index in [1.807, 2.05) is 30.3 Å². The fourth-order valence-electron chi connectivity index (χ4n) is 3.01. The number of nitrogens with zero attached hydrogens (tertiary/aromatic N) is 4. The topological polar surface area (TPSA) is 96.6 Å². The summed E-state index contributed by atoms with van der Waals surface area (Å²) >= 11 is 5.89. The van der Waals surface area contributed by atoms with Gasteiger partial charge in [0, 0.05) is 17.6 Å². The van der Waals surface area contributed by atoms with Crippen molar-refractivity contribution in [3.05, 3.63) is 65.5 Å². The summed E-state index contributed by atoms with van der Waals surface area (Å²) in [7, 11) is -2.17. The number of carbonyl (C=O) groups excluding carboxylic acids is 1. The summed E-state index contributed by atoms with van der Waals surface area (Å²) in [5, 5.41) is 4.40. The van der Waals surface area contributed by atoms with Crippen molar-refractivity contribution in [1.29, 1.82) is 0 Å². The summed E-state index contributed by atoms with van der Waals surface area (Å²) in [4.78, 5) is 18.6. The number of carbonyl (C=O) groups is 1. The molecule has 1 amide bonds. The molecule has 8 nitrogen and oxygen atoms in total. The van der Waals surface area contributed by atoms with Crippen LogP contribution in [-0.2, 0) is 21.4 Å². The predicted octanol–water partition coefficient (Wildman–Crippen LogP) is 3.20. The number of sulfonamides is 1. The Kier molecular flexibility index (Phi) is 6.42. The van der Waals surface area contributed by atoms with Gasteiger partial charge in [-0.2, -0.15) is 4.98 Å². The van der Waals surface area contributed by atoms with Gasteiger partial charge in [0.1, 0.15) is 6.04 Å². The zero-order valence-corrected chi connectivity index (χ0v) is 18.3. The van der Waals surface area contributed by atoms with Gasteiger partial charge in [0.05, 0.1) is 18.5 Å². The molecule has 3 aromatic rings. The van der Waals surface area contributed by atoms with E-state index in [2.05, 4.69) is 10.1 Å². The van der Waals surface area contributed by atoms with E-state index in [0.29, 0.717) is 16.5 Å². The molecule has 1 heterocycles. The molecule has 2 aromatic carbocycles. The lowest BCUT2D eigenvalue weighted by Crippen LogP contribution is -2.48. The van der Waals surface area contributed by atoms with Gasteiger partial charge in [0.15, 0.2) is 0 Å². The third-order valence-corrected chi connectivity index (χ3v) is 5.89. The van der Waals surface area contributed by atoms with Crippen molar-refractivity contribution in [2.24, 2.45) is 0 Å². The second-order valence-electron chi connectivity index (χ2n) is 6.78. The van der Waals surface area contributed by atoms with Gasteiger partial charge in [0.2, 0.25) is 27.6 Å². The third-order valence-electron chi connectivity index (χ3n) is 4.40. The highest BCUT2D eigenvalue weighted by atomic mass is 35.5. The average molecular weight is 449 g/mol. The number of aromatic nitrogens is 2. The third kappa shape index (κ3) is 4.98. The van der Waals surface area contributed by atoms with Crippen LogP contribution in [0.5, 0.6) is 0 Å². The van der Waals surface area contributed by atoms with E-state index in [0.717, 1.165) is 16.1 Å². The zero-order chi connectivity index (χ0) is 21.9. The maximum Gasteiger partial charge on any atom is 0.246 e. The molecule has 0 spiro atoms. The molecule has 1 atom stereocenters. The molecule has 3 rings (SSSR count). The van der Waals surface area contributed by atoms with Crippen LogP contribution < -0.4 is 4.31 Å². The summed E-state index contributed by atoms with van der Waals surface area (Å²) in [5.74, 6) is 0.238. The van der Waals surface area contributed by atoms with E-state index in [4.69, 9.17) is 16.1 Å². The lowest BCUT2D eigenvalue weighted by Gasteiger charge is -2.30. The van der Waals surface area contributed by atoms with Crippen LogP contribution in [0.2, 0.25) is 5.02 Å². The maximum atomic E-state index is 13.0. The number of rotatable bonds is 7. The number of anilines is 1. The molecule has 1 aromatic heterocycles. The van der Waals surface area contributed by atoms with Crippen LogP contribution in [0.4, 0.5) is 5.69 Å². The first-order valence-electron chi connectivity index (χ1n) is 9.05. The van der Waals surface area contributed by atoms with Gasteiger partial charge in [-0.05, 0) is 31.2 Å². The Hall–Kier alpha value is -2.91. The molecule has 10 heteroatoms. The standard InChI is InChI=1S/C20H21ClN4O4S/c1-14(25(30(3,27)28)17-11-9-16(21)10-12-17)20(26)24(2)13-18-22-19(23-29-18)15-7-5-4-6-8-15/h4-12,14H,13H2,1-3H3/t14-/m0/s1. The normalized spacial score (nSPS) is 12.4. The highest BCUT2D eigenvalue weighted by Gasteiger charge is 2.31. The van der Waals surface area contributed by atoms with Gasteiger partial charge in [0.25, 0.3) is 0 Å². The minimum Gasteiger partial charge on any atom is -0.337 e. The maximum absolute atomic E-state index is 13.0. The molecule has 0 aliphatic heterocycles. The molecule has 158 valence electrons. The molecule has 0 saturated carbocycles. The number of amides is 1. The molecule has 0 radical (unpaired) electrons. The summed E-state index contributed by atoms with van der Waals surface area (Å²) in [5.41, 5.74) is 1.14. The van der Waals surface area contributed by atoms with E-state index >= 15 is 0 Å². The van der Waals surface area contributed by atoms with Crippen LogP contribution in [0.25, 0.3) is 11.4 Å². The van der Waals surface area contributed by atoms with Crippen molar-refractivity contribution in [2.75, 3.05) is 17.6 Å². The summed E-state index contributed by atoms with van der Waals surface area (Å²) in [6.45, 7) is 1.57. The average Bonchev–Trinajstić information content (AvgIpc) is 3.17. The molecule has 0 aliphatic rings. The molecular formula is C20H21ClN4O4S. The molecule has 0 saturated heterocycles. The minimum absolute atomic E-state index is 0.0429. The van der Waals surface area contributed by atoms with Gasteiger partial charge < -0.3 is 9.42 Å². The van der Waals surface area contributed by atoms with Crippen LogP contribution in [0, 0.1) is 0 Å². The number of halogens is 1. The van der Waals surface area contributed by atoms with Crippen LogP contribution in [0.15, 0.2) is 59.1 Å². The summed E-state index contributed by atoms with van der Waals surface area (Å²) < 4.78 is 31.1. The molecular weight excluding hydrogens is 428 g/mol. The Morgan fingerprint density at radius 2 is 1.77 bits per heavy atom. The van der Waals surface area contributed by atoms with Crippen molar-refractivity contribution in [3.63, 3.8) is 0 Å².